The fraction of sp³-hybridized carbons (Fsp3) is 0.600. The lowest BCUT2D eigenvalue weighted by Gasteiger charge is -2.29. The maximum Gasteiger partial charge on any atom is -0.00148 e. The minimum absolute atomic E-state index is 0.688. The molecule has 16 heavy (non-hydrogen) atoms. The van der Waals surface area contributed by atoms with Gasteiger partial charge in [0.15, 0.2) is 0 Å². The molecule has 0 radical (unpaired) electrons. The normalized spacial score (nSPS) is 23.1. The van der Waals surface area contributed by atoms with Crippen molar-refractivity contribution in [3.63, 3.8) is 0 Å². The summed E-state index contributed by atoms with van der Waals surface area (Å²) >= 11 is 0. The number of nitrogens with one attached hydrogen (secondary N) is 1. The first-order valence-corrected chi connectivity index (χ1v) is 6.46. The maximum atomic E-state index is 3.52. The number of benzene rings is 1. The Balaban J connectivity index is 2.18. The summed E-state index contributed by atoms with van der Waals surface area (Å²) in [5, 5.41) is 3.52. The molecule has 0 aromatic heterocycles. The van der Waals surface area contributed by atoms with Crippen molar-refractivity contribution in [3.05, 3.63) is 34.9 Å². The maximum absolute atomic E-state index is 3.52. The zero-order valence-corrected chi connectivity index (χ0v) is 10.7. The van der Waals surface area contributed by atoms with Crippen LogP contribution in [0.4, 0.5) is 0 Å². The van der Waals surface area contributed by atoms with E-state index in [4.69, 9.17) is 0 Å². The van der Waals surface area contributed by atoms with Gasteiger partial charge in [-0.15, -0.1) is 0 Å². The summed E-state index contributed by atoms with van der Waals surface area (Å²) < 4.78 is 0. The standard InChI is InChI=1S/C15H23N/c1-11-6-7-12(2)15(9-11)13(3)14-5-4-8-16-10-14/h6-7,9,13-14,16H,4-5,8,10H2,1-3H3. The second-order valence-electron chi connectivity index (χ2n) is 5.26. The van der Waals surface area contributed by atoms with Crippen LogP contribution in [0, 0.1) is 19.8 Å². The van der Waals surface area contributed by atoms with Gasteiger partial charge in [0, 0.05) is 0 Å². The number of hydrogen-bond acceptors (Lipinski definition) is 1. The first kappa shape index (κ1) is 11.7. The van der Waals surface area contributed by atoms with Crippen molar-refractivity contribution >= 4 is 0 Å². The third-order valence-corrected chi connectivity index (χ3v) is 3.97. The van der Waals surface area contributed by atoms with Gasteiger partial charge in [-0.2, -0.15) is 0 Å². The molecule has 1 heteroatoms. The van der Waals surface area contributed by atoms with Crippen LogP contribution in [0.3, 0.4) is 0 Å². The molecule has 0 bridgehead atoms. The molecule has 1 aromatic carbocycles. The molecular formula is C15H23N. The van der Waals surface area contributed by atoms with Gasteiger partial charge in [0.2, 0.25) is 0 Å². The molecule has 0 aliphatic carbocycles. The lowest BCUT2D eigenvalue weighted by molar-refractivity contribution is 0.334. The summed E-state index contributed by atoms with van der Waals surface area (Å²) in [6.07, 6.45) is 2.71. The van der Waals surface area contributed by atoms with Crippen molar-refractivity contribution in [2.75, 3.05) is 13.1 Å². The molecule has 2 atom stereocenters. The first-order valence-electron chi connectivity index (χ1n) is 6.46. The van der Waals surface area contributed by atoms with Gasteiger partial charge >= 0.3 is 0 Å². The monoisotopic (exact) mass is 217 g/mol. The van der Waals surface area contributed by atoms with E-state index in [2.05, 4.69) is 44.3 Å². The average Bonchev–Trinajstić information content (AvgIpc) is 2.32. The molecule has 1 N–H and O–H groups in total. The van der Waals surface area contributed by atoms with Gasteiger partial charge in [0.25, 0.3) is 0 Å². The van der Waals surface area contributed by atoms with E-state index >= 15 is 0 Å². The van der Waals surface area contributed by atoms with Gasteiger partial charge < -0.3 is 5.32 Å². The smallest absolute Gasteiger partial charge is 0.00148 e. The van der Waals surface area contributed by atoms with E-state index in [-0.39, 0.29) is 0 Å². The fourth-order valence-electron chi connectivity index (χ4n) is 2.81. The molecule has 0 amide bonds. The van der Waals surface area contributed by atoms with Crippen LogP contribution < -0.4 is 5.32 Å². The van der Waals surface area contributed by atoms with E-state index in [1.807, 2.05) is 0 Å². The Kier molecular flexibility index (Phi) is 3.65. The first-order chi connectivity index (χ1) is 7.68. The van der Waals surface area contributed by atoms with Crippen molar-refractivity contribution < 1.29 is 0 Å². The Morgan fingerprint density at radius 1 is 1.31 bits per heavy atom. The molecule has 2 unspecified atom stereocenters. The van der Waals surface area contributed by atoms with Crippen LogP contribution in [0.1, 0.15) is 42.4 Å². The largest absolute Gasteiger partial charge is 0.316 e. The predicted octanol–water partition coefficient (Wildman–Crippen LogP) is 3.41. The highest BCUT2D eigenvalue weighted by Crippen LogP contribution is 2.31. The quantitative estimate of drug-likeness (QED) is 0.800. The van der Waals surface area contributed by atoms with Crippen LogP contribution in [0.15, 0.2) is 18.2 Å². The van der Waals surface area contributed by atoms with Crippen LogP contribution in [0.5, 0.6) is 0 Å². The number of aryl methyl sites for hydroxylation is 2. The minimum Gasteiger partial charge on any atom is -0.316 e. The molecule has 2 rings (SSSR count). The molecule has 1 heterocycles. The van der Waals surface area contributed by atoms with Gasteiger partial charge in [0.1, 0.15) is 0 Å². The topological polar surface area (TPSA) is 12.0 Å². The van der Waals surface area contributed by atoms with Gasteiger partial charge in [-0.05, 0) is 62.7 Å². The highest BCUT2D eigenvalue weighted by atomic mass is 14.9. The van der Waals surface area contributed by atoms with Crippen LogP contribution >= 0.6 is 0 Å². The fourth-order valence-corrected chi connectivity index (χ4v) is 2.81. The van der Waals surface area contributed by atoms with Crippen molar-refractivity contribution in [1.82, 2.24) is 5.32 Å². The van der Waals surface area contributed by atoms with Gasteiger partial charge in [-0.3, -0.25) is 0 Å². The second kappa shape index (κ2) is 5.01. The Labute approximate surface area is 99.3 Å². The summed E-state index contributed by atoms with van der Waals surface area (Å²) in [4.78, 5) is 0. The number of piperidine rings is 1. The molecule has 1 aromatic rings. The molecule has 1 saturated heterocycles. The molecular weight excluding hydrogens is 194 g/mol. The SMILES string of the molecule is Cc1ccc(C)c(C(C)C2CCCNC2)c1. The molecule has 0 spiro atoms. The van der Waals surface area contributed by atoms with Gasteiger partial charge in [0.05, 0.1) is 0 Å². The number of rotatable bonds is 2. The summed E-state index contributed by atoms with van der Waals surface area (Å²) in [7, 11) is 0. The van der Waals surface area contributed by atoms with Crippen molar-refractivity contribution in [3.8, 4) is 0 Å². The van der Waals surface area contributed by atoms with E-state index in [1.54, 1.807) is 5.56 Å². The van der Waals surface area contributed by atoms with E-state index in [9.17, 15) is 0 Å². The lowest BCUT2D eigenvalue weighted by atomic mass is 9.81. The van der Waals surface area contributed by atoms with E-state index in [0.717, 1.165) is 5.92 Å². The Bertz CT molecular complexity index is 350. The zero-order chi connectivity index (χ0) is 11.5. The van der Waals surface area contributed by atoms with Gasteiger partial charge in [-0.1, -0.05) is 30.7 Å². The molecule has 0 saturated carbocycles. The van der Waals surface area contributed by atoms with E-state index in [1.165, 1.54) is 37.1 Å². The minimum atomic E-state index is 0.688. The summed E-state index contributed by atoms with van der Waals surface area (Å²) in [6.45, 7) is 9.21. The van der Waals surface area contributed by atoms with Gasteiger partial charge in [-0.25, -0.2) is 0 Å². The predicted molar refractivity (Wildman–Crippen MR) is 69.9 cm³/mol. The Morgan fingerprint density at radius 2 is 2.12 bits per heavy atom. The molecule has 1 aliphatic heterocycles. The van der Waals surface area contributed by atoms with E-state index < -0.39 is 0 Å². The molecule has 1 aliphatic rings. The highest BCUT2D eigenvalue weighted by Gasteiger charge is 2.22. The lowest BCUT2D eigenvalue weighted by Crippen LogP contribution is -2.32. The molecule has 1 nitrogen and oxygen atoms in total. The van der Waals surface area contributed by atoms with Crippen molar-refractivity contribution in [2.24, 2.45) is 5.92 Å². The number of hydrogen-bond donors (Lipinski definition) is 1. The summed E-state index contributed by atoms with van der Waals surface area (Å²) in [6, 6.07) is 6.84. The summed E-state index contributed by atoms with van der Waals surface area (Å²) in [5.41, 5.74) is 4.38. The van der Waals surface area contributed by atoms with E-state index in [0.29, 0.717) is 5.92 Å². The third-order valence-electron chi connectivity index (χ3n) is 3.97. The van der Waals surface area contributed by atoms with Crippen LogP contribution in [-0.2, 0) is 0 Å². The zero-order valence-electron chi connectivity index (χ0n) is 10.7. The average molecular weight is 217 g/mol. The molecule has 1 fully saturated rings. The highest BCUT2D eigenvalue weighted by molar-refractivity contribution is 5.33. The Hall–Kier alpha value is -0.820. The third kappa shape index (κ3) is 2.46. The van der Waals surface area contributed by atoms with Crippen LogP contribution in [0.2, 0.25) is 0 Å². The van der Waals surface area contributed by atoms with Crippen molar-refractivity contribution in [2.45, 2.75) is 39.5 Å². The van der Waals surface area contributed by atoms with Crippen LogP contribution in [-0.4, -0.2) is 13.1 Å². The Morgan fingerprint density at radius 3 is 2.81 bits per heavy atom. The second-order valence-corrected chi connectivity index (χ2v) is 5.26. The summed E-state index contributed by atoms with van der Waals surface area (Å²) in [5.74, 6) is 1.50. The van der Waals surface area contributed by atoms with Crippen LogP contribution in [0.25, 0.3) is 0 Å². The molecule has 88 valence electrons. The van der Waals surface area contributed by atoms with Crippen molar-refractivity contribution in [1.29, 1.82) is 0 Å².